The molecule has 0 aromatic rings. The Balaban J connectivity index is 2.59. The Kier molecular flexibility index (Phi) is 1.81. The van der Waals surface area contributed by atoms with Crippen LogP contribution in [0.5, 0.6) is 0 Å². The topological polar surface area (TPSA) is 66.5 Å². The summed E-state index contributed by atoms with van der Waals surface area (Å²) < 4.78 is 24.6. The van der Waals surface area contributed by atoms with Gasteiger partial charge in [0.2, 0.25) is 0 Å². The van der Waals surface area contributed by atoms with Gasteiger partial charge in [0.05, 0.1) is 9.93 Å². The van der Waals surface area contributed by atoms with Gasteiger partial charge in [-0.05, 0) is 6.92 Å². The van der Waals surface area contributed by atoms with Crippen LogP contribution in [0.15, 0.2) is 9.93 Å². The van der Waals surface area contributed by atoms with Gasteiger partial charge in [-0.15, -0.1) is 11.8 Å². The lowest BCUT2D eigenvalue weighted by atomic mass is 10.5. The molecule has 1 fully saturated rings. The standard InChI is InChI=1S/C6H8N2O3S2/c1-4-5-8(2-3-12-5)6(9)7-13(4,10)11/h2-3H2,1H3,(H,7,9). The van der Waals surface area contributed by atoms with E-state index in [1.807, 2.05) is 4.72 Å². The first-order valence-corrected chi connectivity index (χ1v) is 6.17. The largest absolute Gasteiger partial charge is 0.336 e. The number of hydrogen-bond donors (Lipinski definition) is 1. The lowest BCUT2D eigenvalue weighted by molar-refractivity contribution is 0.222. The maximum atomic E-state index is 11.3. The molecule has 72 valence electrons. The monoisotopic (exact) mass is 220 g/mol. The Morgan fingerprint density at radius 1 is 1.54 bits per heavy atom. The van der Waals surface area contributed by atoms with E-state index >= 15 is 0 Å². The van der Waals surface area contributed by atoms with Crippen LogP contribution in [0.3, 0.4) is 0 Å². The summed E-state index contributed by atoms with van der Waals surface area (Å²) in [7, 11) is -3.55. The molecule has 0 aromatic heterocycles. The lowest BCUT2D eigenvalue weighted by Crippen LogP contribution is -2.45. The number of urea groups is 1. The van der Waals surface area contributed by atoms with Gasteiger partial charge in [0.25, 0.3) is 10.0 Å². The van der Waals surface area contributed by atoms with Gasteiger partial charge in [-0.1, -0.05) is 0 Å². The maximum Gasteiger partial charge on any atom is 0.336 e. The van der Waals surface area contributed by atoms with Crippen molar-refractivity contribution >= 4 is 27.8 Å². The summed E-state index contributed by atoms with van der Waals surface area (Å²) in [6.45, 7) is 2.09. The highest BCUT2D eigenvalue weighted by Crippen LogP contribution is 2.34. The minimum absolute atomic E-state index is 0.245. The molecular formula is C6H8N2O3S2. The molecule has 1 saturated heterocycles. The van der Waals surface area contributed by atoms with E-state index in [4.69, 9.17) is 0 Å². The third-order valence-electron chi connectivity index (χ3n) is 1.97. The van der Waals surface area contributed by atoms with Gasteiger partial charge < -0.3 is 0 Å². The maximum absolute atomic E-state index is 11.3. The van der Waals surface area contributed by atoms with Gasteiger partial charge in [0.15, 0.2) is 0 Å². The van der Waals surface area contributed by atoms with E-state index in [0.717, 1.165) is 5.75 Å². The zero-order valence-electron chi connectivity index (χ0n) is 6.90. The molecule has 2 rings (SSSR count). The molecule has 2 heterocycles. The third kappa shape index (κ3) is 1.22. The molecule has 0 aliphatic carbocycles. The van der Waals surface area contributed by atoms with E-state index < -0.39 is 16.1 Å². The van der Waals surface area contributed by atoms with Crippen molar-refractivity contribution in [3.8, 4) is 0 Å². The highest BCUT2D eigenvalue weighted by atomic mass is 32.2. The highest BCUT2D eigenvalue weighted by Gasteiger charge is 2.36. The van der Waals surface area contributed by atoms with E-state index in [1.54, 1.807) is 0 Å². The Bertz CT molecular complexity index is 398. The minimum Gasteiger partial charge on any atom is -0.286 e. The summed E-state index contributed by atoms with van der Waals surface area (Å²) in [5, 5.41) is 0.573. The van der Waals surface area contributed by atoms with Crippen molar-refractivity contribution in [2.45, 2.75) is 6.92 Å². The molecule has 2 aliphatic heterocycles. The number of thioether (sulfide) groups is 1. The van der Waals surface area contributed by atoms with Crippen LogP contribution < -0.4 is 4.72 Å². The number of nitrogens with one attached hydrogen (secondary N) is 1. The van der Waals surface area contributed by atoms with E-state index in [-0.39, 0.29) is 4.91 Å². The number of fused-ring (bicyclic) bond motifs is 1. The van der Waals surface area contributed by atoms with E-state index in [2.05, 4.69) is 0 Å². The summed E-state index contributed by atoms with van der Waals surface area (Å²) in [4.78, 5) is 12.9. The van der Waals surface area contributed by atoms with E-state index in [0.29, 0.717) is 11.6 Å². The van der Waals surface area contributed by atoms with Crippen molar-refractivity contribution in [2.24, 2.45) is 0 Å². The fraction of sp³-hybridized carbons (Fsp3) is 0.500. The summed E-state index contributed by atoms with van der Waals surface area (Å²) >= 11 is 1.41. The second kappa shape index (κ2) is 2.65. The SMILES string of the molecule is CC1=C2SCCN2C(=O)NS1(=O)=O. The number of rotatable bonds is 0. The van der Waals surface area contributed by atoms with Crippen molar-refractivity contribution in [3.05, 3.63) is 9.93 Å². The number of carbonyl (C=O) groups excluding carboxylic acids is 1. The number of sulfonamides is 1. The Hall–Kier alpha value is -0.690. The average Bonchev–Trinajstić information content (AvgIpc) is 2.47. The number of carbonyl (C=O) groups is 1. The van der Waals surface area contributed by atoms with Crippen LogP contribution in [0.1, 0.15) is 6.92 Å². The molecule has 0 aromatic carbocycles. The second-order valence-corrected chi connectivity index (χ2v) is 5.68. The average molecular weight is 220 g/mol. The summed E-state index contributed by atoms with van der Waals surface area (Å²) in [6.07, 6.45) is 0. The van der Waals surface area contributed by atoms with Crippen molar-refractivity contribution in [1.82, 2.24) is 9.62 Å². The molecule has 2 aliphatic rings. The number of nitrogens with zero attached hydrogens (tertiary/aromatic N) is 1. The normalized spacial score (nSPS) is 25.9. The molecule has 2 amide bonds. The van der Waals surface area contributed by atoms with Gasteiger partial charge >= 0.3 is 6.03 Å². The first-order valence-electron chi connectivity index (χ1n) is 3.70. The summed E-state index contributed by atoms with van der Waals surface area (Å²) in [5.41, 5.74) is 0. The first kappa shape index (κ1) is 8.89. The van der Waals surface area contributed by atoms with Crippen LogP contribution in [0.4, 0.5) is 4.79 Å². The number of allylic oxidation sites excluding steroid dienone is 1. The Morgan fingerprint density at radius 2 is 2.23 bits per heavy atom. The minimum atomic E-state index is -3.55. The van der Waals surface area contributed by atoms with Crippen molar-refractivity contribution in [3.63, 3.8) is 0 Å². The molecule has 13 heavy (non-hydrogen) atoms. The molecular weight excluding hydrogens is 212 g/mol. The molecule has 0 spiro atoms. The van der Waals surface area contributed by atoms with E-state index in [1.165, 1.54) is 23.6 Å². The molecule has 0 radical (unpaired) electrons. The smallest absolute Gasteiger partial charge is 0.286 e. The predicted octanol–water partition coefficient (Wildman–Crippen LogP) is 0.277. The zero-order chi connectivity index (χ0) is 9.64. The van der Waals surface area contributed by atoms with Crippen LogP contribution in [0.25, 0.3) is 0 Å². The number of amides is 2. The molecule has 7 heteroatoms. The van der Waals surface area contributed by atoms with Crippen LogP contribution in [-0.4, -0.2) is 31.6 Å². The van der Waals surface area contributed by atoms with Gasteiger partial charge in [-0.25, -0.2) is 17.9 Å². The first-order chi connectivity index (χ1) is 6.02. The summed E-state index contributed by atoms with van der Waals surface area (Å²) in [6, 6.07) is -0.536. The summed E-state index contributed by atoms with van der Waals surface area (Å²) in [5.74, 6) is 0.760. The molecule has 0 bridgehead atoms. The predicted molar refractivity (Wildman–Crippen MR) is 49.3 cm³/mol. The third-order valence-corrected chi connectivity index (χ3v) is 4.73. The van der Waals surface area contributed by atoms with Crippen molar-refractivity contribution in [1.29, 1.82) is 0 Å². The van der Waals surface area contributed by atoms with Crippen LogP contribution in [0.2, 0.25) is 0 Å². The van der Waals surface area contributed by atoms with Gasteiger partial charge in [-0.2, -0.15) is 0 Å². The lowest BCUT2D eigenvalue weighted by Gasteiger charge is -2.24. The van der Waals surface area contributed by atoms with Crippen molar-refractivity contribution < 1.29 is 13.2 Å². The fourth-order valence-electron chi connectivity index (χ4n) is 1.26. The Labute approximate surface area is 80.2 Å². The van der Waals surface area contributed by atoms with Gasteiger partial charge in [0, 0.05) is 12.3 Å². The van der Waals surface area contributed by atoms with Crippen LogP contribution >= 0.6 is 11.8 Å². The molecule has 1 N–H and O–H groups in total. The van der Waals surface area contributed by atoms with E-state index in [9.17, 15) is 13.2 Å². The molecule has 5 nitrogen and oxygen atoms in total. The zero-order valence-corrected chi connectivity index (χ0v) is 8.54. The molecule has 0 atom stereocenters. The van der Waals surface area contributed by atoms with Gasteiger partial charge in [-0.3, -0.25) is 4.90 Å². The quantitative estimate of drug-likeness (QED) is 0.636. The molecule has 0 saturated carbocycles. The van der Waals surface area contributed by atoms with Crippen LogP contribution in [-0.2, 0) is 10.0 Å². The Morgan fingerprint density at radius 3 is 2.92 bits per heavy atom. The van der Waals surface area contributed by atoms with Gasteiger partial charge in [0.1, 0.15) is 0 Å². The van der Waals surface area contributed by atoms with Crippen molar-refractivity contribution in [2.75, 3.05) is 12.3 Å². The van der Waals surface area contributed by atoms with Crippen LogP contribution in [0, 0.1) is 0 Å². The highest BCUT2D eigenvalue weighted by molar-refractivity contribution is 8.04. The number of hydrogen-bond acceptors (Lipinski definition) is 4. The second-order valence-electron chi connectivity index (χ2n) is 2.77. The molecule has 0 unspecified atom stereocenters. The fourth-order valence-corrected chi connectivity index (χ4v) is 3.60.